The number of carbonyl (C=O) groups excluding carboxylic acids is 2. The molecule has 0 bridgehead atoms. The number of benzene rings is 1. The van der Waals surface area contributed by atoms with Crippen molar-refractivity contribution in [2.45, 2.75) is 19.3 Å². The van der Waals surface area contributed by atoms with Gasteiger partial charge in [0.2, 0.25) is 11.8 Å². The summed E-state index contributed by atoms with van der Waals surface area (Å²) in [6, 6.07) is 10.3. The van der Waals surface area contributed by atoms with Crippen LogP contribution in [-0.2, 0) is 9.59 Å². The maximum absolute atomic E-state index is 12.3. The van der Waals surface area contributed by atoms with E-state index in [0.717, 1.165) is 52.1 Å². The third-order valence-corrected chi connectivity index (χ3v) is 5.10. The molecule has 0 atom stereocenters. The number of piperazine rings is 1. The second kappa shape index (κ2) is 8.85. The maximum atomic E-state index is 12.3. The highest BCUT2D eigenvalue weighted by atomic mass is 16.2. The van der Waals surface area contributed by atoms with E-state index in [4.69, 9.17) is 0 Å². The number of carbonyl (C=O) groups is 2. The molecule has 2 fully saturated rings. The van der Waals surface area contributed by atoms with Gasteiger partial charge in [0.05, 0.1) is 0 Å². The van der Waals surface area contributed by atoms with Crippen molar-refractivity contribution in [2.75, 3.05) is 50.7 Å². The summed E-state index contributed by atoms with van der Waals surface area (Å²) in [7, 11) is 0. The molecule has 6 heteroatoms. The van der Waals surface area contributed by atoms with Gasteiger partial charge in [0, 0.05) is 50.7 Å². The van der Waals surface area contributed by atoms with Crippen LogP contribution in [0.15, 0.2) is 30.3 Å². The first kappa shape index (κ1) is 17.7. The van der Waals surface area contributed by atoms with E-state index in [1.54, 1.807) is 0 Å². The van der Waals surface area contributed by atoms with E-state index >= 15 is 0 Å². The second-order valence-electron chi connectivity index (χ2n) is 6.77. The van der Waals surface area contributed by atoms with Crippen LogP contribution in [0, 0.1) is 5.92 Å². The fourth-order valence-electron chi connectivity index (χ4n) is 3.53. The Morgan fingerprint density at radius 1 is 1.04 bits per heavy atom. The molecule has 0 radical (unpaired) electrons. The molecule has 2 aliphatic rings. The highest BCUT2D eigenvalue weighted by Gasteiger charge is 2.23. The smallest absolute Gasteiger partial charge is 0.224 e. The average molecular weight is 344 g/mol. The third-order valence-electron chi connectivity index (χ3n) is 5.10. The van der Waals surface area contributed by atoms with Crippen molar-refractivity contribution in [1.29, 1.82) is 0 Å². The van der Waals surface area contributed by atoms with Crippen LogP contribution in [0.3, 0.4) is 0 Å². The third kappa shape index (κ3) is 4.95. The summed E-state index contributed by atoms with van der Waals surface area (Å²) in [5.41, 5.74) is 1.21. The molecular weight excluding hydrogens is 316 g/mol. The number of hydrogen-bond donors (Lipinski definition) is 2. The number of nitrogens with zero attached hydrogens (tertiary/aromatic N) is 2. The molecule has 1 aromatic rings. The maximum Gasteiger partial charge on any atom is 0.224 e. The molecule has 2 saturated heterocycles. The van der Waals surface area contributed by atoms with Gasteiger partial charge in [-0.1, -0.05) is 18.2 Å². The Bertz CT molecular complexity index is 564. The summed E-state index contributed by atoms with van der Waals surface area (Å²) in [5.74, 6) is 0.340. The highest BCUT2D eigenvalue weighted by molar-refractivity contribution is 5.80. The molecule has 0 aliphatic carbocycles. The fraction of sp³-hybridized carbons (Fsp3) is 0.579. The summed E-state index contributed by atoms with van der Waals surface area (Å²) in [6.07, 6.45) is 2.17. The molecule has 2 heterocycles. The molecule has 0 spiro atoms. The normalized spacial score (nSPS) is 18.9. The molecule has 2 amide bonds. The lowest BCUT2D eigenvalue weighted by molar-refractivity contribution is -0.131. The van der Waals surface area contributed by atoms with Crippen LogP contribution < -0.4 is 15.5 Å². The van der Waals surface area contributed by atoms with E-state index in [1.165, 1.54) is 5.69 Å². The molecule has 6 nitrogen and oxygen atoms in total. The van der Waals surface area contributed by atoms with Crippen LogP contribution in [0.2, 0.25) is 0 Å². The zero-order chi connectivity index (χ0) is 17.5. The molecule has 1 aromatic carbocycles. The molecule has 0 aromatic heterocycles. The number of nitrogens with one attached hydrogen (secondary N) is 2. The quantitative estimate of drug-likeness (QED) is 0.831. The molecule has 0 saturated carbocycles. The van der Waals surface area contributed by atoms with Crippen LogP contribution >= 0.6 is 0 Å². The van der Waals surface area contributed by atoms with Gasteiger partial charge in [-0.3, -0.25) is 9.59 Å². The van der Waals surface area contributed by atoms with E-state index in [1.807, 2.05) is 23.1 Å². The Morgan fingerprint density at radius 2 is 1.72 bits per heavy atom. The van der Waals surface area contributed by atoms with Crippen molar-refractivity contribution in [1.82, 2.24) is 15.5 Å². The average Bonchev–Trinajstić information content (AvgIpc) is 2.69. The van der Waals surface area contributed by atoms with Gasteiger partial charge in [0.15, 0.2) is 0 Å². The zero-order valence-electron chi connectivity index (χ0n) is 14.7. The number of amides is 2. The van der Waals surface area contributed by atoms with Crippen LogP contribution in [0.25, 0.3) is 0 Å². The van der Waals surface area contributed by atoms with Gasteiger partial charge < -0.3 is 20.4 Å². The summed E-state index contributed by atoms with van der Waals surface area (Å²) in [5, 5.41) is 6.19. The van der Waals surface area contributed by atoms with Gasteiger partial charge in [0.1, 0.15) is 0 Å². The van der Waals surface area contributed by atoms with Gasteiger partial charge in [-0.25, -0.2) is 0 Å². The van der Waals surface area contributed by atoms with Crippen LogP contribution in [-0.4, -0.2) is 62.5 Å². The van der Waals surface area contributed by atoms with Crippen molar-refractivity contribution in [3.63, 3.8) is 0 Å². The lowest BCUT2D eigenvalue weighted by atomic mass is 9.97. The van der Waals surface area contributed by atoms with Crippen LogP contribution in [0.5, 0.6) is 0 Å². The van der Waals surface area contributed by atoms with Gasteiger partial charge in [0.25, 0.3) is 0 Å². The fourth-order valence-corrected chi connectivity index (χ4v) is 3.53. The summed E-state index contributed by atoms with van der Waals surface area (Å²) in [4.78, 5) is 28.7. The second-order valence-corrected chi connectivity index (χ2v) is 6.77. The minimum absolute atomic E-state index is 0.100. The van der Waals surface area contributed by atoms with E-state index in [0.29, 0.717) is 13.0 Å². The first-order valence-electron chi connectivity index (χ1n) is 9.30. The van der Waals surface area contributed by atoms with Crippen molar-refractivity contribution < 1.29 is 9.59 Å². The monoisotopic (exact) mass is 344 g/mol. The Hall–Kier alpha value is -2.08. The number of rotatable bonds is 5. The number of anilines is 1. The lowest BCUT2D eigenvalue weighted by Gasteiger charge is -2.36. The van der Waals surface area contributed by atoms with Crippen molar-refractivity contribution >= 4 is 17.5 Å². The Kier molecular flexibility index (Phi) is 6.28. The summed E-state index contributed by atoms with van der Waals surface area (Å²) < 4.78 is 0. The molecule has 25 heavy (non-hydrogen) atoms. The highest BCUT2D eigenvalue weighted by Crippen LogP contribution is 2.16. The van der Waals surface area contributed by atoms with Gasteiger partial charge in [-0.15, -0.1) is 0 Å². The summed E-state index contributed by atoms with van der Waals surface area (Å²) >= 11 is 0. The van der Waals surface area contributed by atoms with E-state index in [2.05, 4.69) is 27.7 Å². The first-order chi connectivity index (χ1) is 12.2. The Morgan fingerprint density at radius 3 is 2.40 bits per heavy atom. The van der Waals surface area contributed by atoms with Crippen LogP contribution in [0.1, 0.15) is 19.3 Å². The Balaban J connectivity index is 1.36. The molecule has 3 rings (SSSR count). The molecule has 2 aliphatic heterocycles. The van der Waals surface area contributed by atoms with Gasteiger partial charge >= 0.3 is 0 Å². The lowest BCUT2D eigenvalue weighted by Crippen LogP contribution is -2.49. The predicted octanol–water partition coefficient (Wildman–Crippen LogP) is 0.841. The SMILES string of the molecule is O=C(NCCC(=O)N1CCN(c2ccccc2)CC1)C1CCNCC1. The molecular formula is C19H28N4O2. The Labute approximate surface area is 149 Å². The number of piperidine rings is 1. The van der Waals surface area contributed by atoms with Gasteiger partial charge in [-0.05, 0) is 38.1 Å². The first-order valence-corrected chi connectivity index (χ1v) is 9.30. The molecule has 0 unspecified atom stereocenters. The largest absolute Gasteiger partial charge is 0.368 e. The zero-order valence-corrected chi connectivity index (χ0v) is 14.7. The predicted molar refractivity (Wildman–Crippen MR) is 98.5 cm³/mol. The van der Waals surface area contributed by atoms with E-state index < -0.39 is 0 Å². The standard InChI is InChI=1S/C19H28N4O2/c24-18(8-11-21-19(25)16-6-9-20-10-7-16)23-14-12-22(13-15-23)17-4-2-1-3-5-17/h1-5,16,20H,6-15H2,(H,21,25). The van der Waals surface area contributed by atoms with Crippen molar-refractivity contribution in [2.24, 2.45) is 5.92 Å². The van der Waals surface area contributed by atoms with Crippen molar-refractivity contribution in [3.8, 4) is 0 Å². The molecule has 2 N–H and O–H groups in total. The van der Waals surface area contributed by atoms with Crippen LogP contribution in [0.4, 0.5) is 5.69 Å². The topological polar surface area (TPSA) is 64.7 Å². The minimum atomic E-state index is 0.100. The van der Waals surface area contributed by atoms with Gasteiger partial charge in [-0.2, -0.15) is 0 Å². The number of para-hydroxylation sites is 1. The van der Waals surface area contributed by atoms with E-state index in [-0.39, 0.29) is 17.7 Å². The van der Waals surface area contributed by atoms with Crippen molar-refractivity contribution in [3.05, 3.63) is 30.3 Å². The summed E-state index contributed by atoms with van der Waals surface area (Å²) in [6.45, 7) is 5.46. The number of hydrogen-bond acceptors (Lipinski definition) is 4. The molecule has 136 valence electrons. The van der Waals surface area contributed by atoms with E-state index in [9.17, 15) is 9.59 Å². The minimum Gasteiger partial charge on any atom is -0.368 e.